The maximum absolute atomic E-state index is 12.1. The average Bonchev–Trinajstić information content (AvgIpc) is 2.44. The Labute approximate surface area is 140 Å². The maximum atomic E-state index is 12.1. The summed E-state index contributed by atoms with van der Waals surface area (Å²) in [6.45, 7) is 6.06. The van der Waals surface area contributed by atoms with Gasteiger partial charge in [-0.1, -0.05) is 59.3 Å². The maximum Gasteiger partial charge on any atom is 0.345 e. The molecule has 132 valence electrons. The smallest absolute Gasteiger partial charge is 0.345 e. The highest BCUT2D eigenvalue weighted by Crippen LogP contribution is 2.25. The van der Waals surface area contributed by atoms with E-state index in [0.29, 0.717) is 6.42 Å². The van der Waals surface area contributed by atoms with Gasteiger partial charge in [0.05, 0.1) is 0 Å². The molecule has 0 bridgehead atoms. The van der Waals surface area contributed by atoms with Crippen LogP contribution in [0.1, 0.15) is 85.0 Å². The monoisotopic (exact) mass is 324 g/mol. The van der Waals surface area contributed by atoms with Crippen LogP contribution in [0, 0.1) is 5.92 Å². The van der Waals surface area contributed by atoms with Crippen LogP contribution >= 0.6 is 0 Å². The lowest BCUT2D eigenvalue weighted by atomic mass is 9.95. The Morgan fingerprint density at radius 2 is 1.74 bits per heavy atom. The van der Waals surface area contributed by atoms with Crippen molar-refractivity contribution in [2.24, 2.45) is 5.92 Å². The zero-order chi connectivity index (χ0) is 17.2. The predicted octanol–water partition coefficient (Wildman–Crippen LogP) is 4.87. The molecule has 1 fully saturated rings. The van der Waals surface area contributed by atoms with Gasteiger partial charge in [-0.15, -0.1) is 0 Å². The van der Waals surface area contributed by atoms with Crippen molar-refractivity contribution in [2.45, 2.75) is 91.1 Å². The van der Waals surface area contributed by atoms with E-state index in [1.54, 1.807) is 0 Å². The number of ketones is 1. The molecular weight excluding hydrogens is 292 g/mol. The number of carbonyl (C=O) groups is 2. The first kappa shape index (κ1) is 19.7. The van der Waals surface area contributed by atoms with Crippen molar-refractivity contribution < 1.29 is 19.4 Å². The summed E-state index contributed by atoms with van der Waals surface area (Å²) in [4.78, 5) is 24.1. The van der Waals surface area contributed by atoms with Crippen LogP contribution in [0.25, 0.3) is 0 Å². The molecule has 0 radical (unpaired) electrons. The molecule has 4 heteroatoms. The number of esters is 1. The number of hydrogen-bond donors (Lipinski definition) is 1. The SMILES string of the molecule is CCCCCCCCCC1CC(=O)C(=C(O)CC(C)C)C(=O)O1. The number of ether oxygens (including phenoxy) is 1. The van der Waals surface area contributed by atoms with Crippen molar-refractivity contribution in [1.82, 2.24) is 0 Å². The zero-order valence-corrected chi connectivity index (χ0v) is 14.9. The van der Waals surface area contributed by atoms with Gasteiger partial charge in [0.2, 0.25) is 0 Å². The van der Waals surface area contributed by atoms with Gasteiger partial charge in [0, 0.05) is 12.8 Å². The standard InChI is InChI=1S/C19H32O4/c1-4-5-6-7-8-9-10-11-15-13-17(21)18(19(22)23-15)16(20)12-14(2)3/h14-15,20H,4-13H2,1-3H3. The molecule has 0 amide bonds. The Bertz CT molecular complexity index is 403. The molecule has 1 aliphatic heterocycles. The lowest BCUT2D eigenvalue weighted by Gasteiger charge is -2.24. The van der Waals surface area contributed by atoms with Crippen molar-refractivity contribution in [3.05, 3.63) is 11.3 Å². The van der Waals surface area contributed by atoms with E-state index in [0.717, 1.165) is 19.3 Å². The molecule has 1 saturated heterocycles. The van der Waals surface area contributed by atoms with Gasteiger partial charge in [-0.05, 0) is 18.8 Å². The van der Waals surface area contributed by atoms with Gasteiger partial charge in [-0.25, -0.2) is 4.79 Å². The van der Waals surface area contributed by atoms with Gasteiger partial charge in [-0.2, -0.15) is 0 Å². The highest BCUT2D eigenvalue weighted by atomic mass is 16.5. The largest absolute Gasteiger partial charge is 0.511 e. The summed E-state index contributed by atoms with van der Waals surface area (Å²) < 4.78 is 5.34. The van der Waals surface area contributed by atoms with Crippen LogP contribution in [0.4, 0.5) is 0 Å². The molecule has 0 aromatic heterocycles. The summed E-state index contributed by atoms with van der Waals surface area (Å²) in [5, 5.41) is 9.95. The third kappa shape index (κ3) is 7.19. The summed E-state index contributed by atoms with van der Waals surface area (Å²) in [5.41, 5.74) is -0.130. The fraction of sp³-hybridized carbons (Fsp3) is 0.789. The number of hydrogen-bond acceptors (Lipinski definition) is 4. The highest BCUT2D eigenvalue weighted by Gasteiger charge is 2.34. The Hall–Kier alpha value is -1.32. The second kappa shape index (κ2) is 10.5. The summed E-state index contributed by atoms with van der Waals surface area (Å²) in [7, 11) is 0. The Morgan fingerprint density at radius 1 is 1.13 bits per heavy atom. The molecule has 0 aromatic carbocycles. The highest BCUT2D eigenvalue weighted by molar-refractivity contribution is 6.19. The first-order valence-corrected chi connectivity index (χ1v) is 9.12. The molecule has 1 heterocycles. The summed E-state index contributed by atoms with van der Waals surface area (Å²) in [6.07, 6.45) is 9.35. The number of allylic oxidation sites excluding steroid dienone is 1. The molecule has 1 aliphatic rings. The van der Waals surface area contributed by atoms with Gasteiger partial charge in [0.1, 0.15) is 17.4 Å². The van der Waals surface area contributed by atoms with Crippen molar-refractivity contribution in [2.75, 3.05) is 0 Å². The van der Waals surface area contributed by atoms with Gasteiger partial charge in [-0.3, -0.25) is 4.79 Å². The van der Waals surface area contributed by atoms with Gasteiger partial charge in [0.25, 0.3) is 0 Å². The lowest BCUT2D eigenvalue weighted by molar-refractivity contribution is -0.151. The molecule has 1 N–H and O–H groups in total. The van der Waals surface area contributed by atoms with Gasteiger partial charge >= 0.3 is 5.97 Å². The van der Waals surface area contributed by atoms with Crippen LogP contribution in [-0.4, -0.2) is 23.0 Å². The van der Waals surface area contributed by atoms with E-state index >= 15 is 0 Å². The molecular formula is C19H32O4. The van der Waals surface area contributed by atoms with E-state index in [-0.39, 0.29) is 35.6 Å². The molecule has 1 unspecified atom stereocenters. The number of aliphatic hydroxyl groups excluding tert-OH is 1. The number of rotatable bonds is 10. The fourth-order valence-corrected chi connectivity index (χ4v) is 2.93. The van der Waals surface area contributed by atoms with E-state index in [1.807, 2.05) is 13.8 Å². The van der Waals surface area contributed by atoms with E-state index in [4.69, 9.17) is 4.74 Å². The minimum atomic E-state index is -0.646. The number of cyclic esters (lactones) is 1. The zero-order valence-electron chi connectivity index (χ0n) is 14.9. The molecule has 4 nitrogen and oxygen atoms in total. The Balaban J connectivity index is 2.36. The predicted molar refractivity (Wildman–Crippen MR) is 91.2 cm³/mol. The van der Waals surface area contributed by atoms with Crippen molar-refractivity contribution in [1.29, 1.82) is 0 Å². The summed E-state index contributed by atoms with van der Waals surface area (Å²) in [5.74, 6) is -0.849. The first-order chi connectivity index (χ1) is 11.0. The molecule has 1 rings (SSSR count). The minimum Gasteiger partial charge on any atom is -0.511 e. The van der Waals surface area contributed by atoms with E-state index in [9.17, 15) is 14.7 Å². The molecule has 23 heavy (non-hydrogen) atoms. The number of Topliss-reactive ketones (excluding diaryl/α,β-unsaturated/α-hetero) is 1. The average molecular weight is 324 g/mol. The van der Waals surface area contributed by atoms with Crippen LogP contribution in [0.3, 0.4) is 0 Å². The topological polar surface area (TPSA) is 63.6 Å². The number of carbonyl (C=O) groups excluding carboxylic acids is 2. The number of unbranched alkanes of at least 4 members (excludes halogenated alkanes) is 6. The van der Waals surface area contributed by atoms with Crippen LogP contribution in [0.5, 0.6) is 0 Å². The van der Waals surface area contributed by atoms with E-state index in [1.165, 1.54) is 32.1 Å². The molecule has 0 saturated carbocycles. The van der Waals surface area contributed by atoms with Crippen LogP contribution < -0.4 is 0 Å². The first-order valence-electron chi connectivity index (χ1n) is 9.12. The van der Waals surface area contributed by atoms with Gasteiger partial charge < -0.3 is 9.84 Å². The Kier molecular flexibility index (Phi) is 8.97. The summed E-state index contributed by atoms with van der Waals surface area (Å²) in [6, 6.07) is 0. The second-order valence-electron chi connectivity index (χ2n) is 6.98. The van der Waals surface area contributed by atoms with E-state index in [2.05, 4.69) is 6.92 Å². The third-order valence-corrected chi connectivity index (χ3v) is 4.19. The van der Waals surface area contributed by atoms with Crippen LogP contribution in [0.15, 0.2) is 11.3 Å². The van der Waals surface area contributed by atoms with Crippen molar-refractivity contribution in [3.8, 4) is 0 Å². The summed E-state index contributed by atoms with van der Waals surface area (Å²) >= 11 is 0. The lowest BCUT2D eigenvalue weighted by Crippen LogP contribution is -2.33. The van der Waals surface area contributed by atoms with Crippen molar-refractivity contribution >= 4 is 11.8 Å². The van der Waals surface area contributed by atoms with Crippen molar-refractivity contribution in [3.63, 3.8) is 0 Å². The minimum absolute atomic E-state index is 0.121. The quantitative estimate of drug-likeness (QED) is 0.205. The molecule has 0 aliphatic carbocycles. The molecule has 0 spiro atoms. The normalized spacial score (nSPS) is 20.8. The fourth-order valence-electron chi connectivity index (χ4n) is 2.93. The third-order valence-electron chi connectivity index (χ3n) is 4.19. The van der Waals surface area contributed by atoms with Crippen LogP contribution in [-0.2, 0) is 14.3 Å². The second-order valence-corrected chi connectivity index (χ2v) is 6.98. The van der Waals surface area contributed by atoms with E-state index < -0.39 is 5.97 Å². The molecule has 1 atom stereocenters. The Morgan fingerprint density at radius 3 is 2.30 bits per heavy atom. The van der Waals surface area contributed by atoms with Gasteiger partial charge in [0.15, 0.2) is 5.78 Å². The van der Waals surface area contributed by atoms with Crippen LogP contribution in [0.2, 0.25) is 0 Å². The number of aliphatic hydroxyl groups is 1. The molecule has 0 aromatic rings.